The van der Waals surface area contributed by atoms with Crippen LogP contribution in [0.1, 0.15) is 16.2 Å². The molecular formula is C20H16ClN5O2. The van der Waals surface area contributed by atoms with E-state index in [1.165, 1.54) is 11.1 Å². The first-order chi connectivity index (χ1) is 13.5. The maximum absolute atomic E-state index is 12.9. The van der Waals surface area contributed by atoms with Crippen LogP contribution in [0.3, 0.4) is 0 Å². The average molecular weight is 394 g/mol. The van der Waals surface area contributed by atoms with Crippen LogP contribution in [0.25, 0.3) is 22.2 Å². The highest BCUT2D eigenvalue weighted by Gasteiger charge is 2.20. The van der Waals surface area contributed by atoms with E-state index in [1.807, 2.05) is 18.2 Å². The fourth-order valence-corrected chi connectivity index (χ4v) is 3.12. The lowest BCUT2D eigenvalue weighted by Gasteiger charge is -2.17. The van der Waals surface area contributed by atoms with E-state index < -0.39 is 0 Å². The Hall–Kier alpha value is -3.45. The summed E-state index contributed by atoms with van der Waals surface area (Å²) in [5, 5.41) is 7.99. The Kier molecular flexibility index (Phi) is 4.67. The minimum atomic E-state index is -0.241. The first-order valence-corrected chi connectivity index (χ1v) is 8.93. The van der Waals surface area contributed by atoms with Gasteiger partial charge in [-0.15, -0.1) is 0 Å². The summed E-state index contributed by atoms with van der Waals surface area (Å²) in [6, 6.07) is 14.2. The lowest BCUT2D eigenvalue weighted by atomic mass is 10.1. The molecule has 8 heteroatoms. The molecule has 0 saturated carbocycles. The molecule has 0 saturated heterocycles. The van der Waals surface area contributed by atoms with Crippen LogP contribution in [0.2, 0.25) is 5.02 Å². The third-order valence-corrected chi connectivity index (χ3v) is 4.65. The fourth-order valence-electron chi connectivity index (χ4n) is 3.00. The van der Waals surface area contributed by atoms with Crippen molar-refractivity contribution in [3.63, 3.8) is 0 Å². The summed E-state index contributed by atoms with van der Waals surface area (Å²) in [5.74, 6) is 0.172. The summed E-state index contributed by atoms with van der Waals surface area (Å²) in [5.41, 5.74) is 2.19. The van der Waals surface area contributed by atoms with E-state index in [4.69, 9.17) is 11.6 Å². The van der Waals surface area contributed by atoms with E-state index in [0.717, 1.165) is 5.56 Å². The molecule has 2 aromatic heterocycles. The molecule has 0 unspecified atom stereocenters. The first-order valence-electron chi connectivity index (χ1n) is 8.55. The van der Waals surface area contributed by atoms with E-state index in [-0.39, 0.29) is 18.0 Å². The smallest absolute Gasteiger partial charge is 0.258 e. The lowest BCUT2D eigenvalue weighted by molar-refractivity contribution is 0.0782. The molecule has 0 spiro atoms. The Morgan fingerprint density at radius 2 is 1.89 bits per heavy atom. The fraction of sp³-hybridized carbons (Fsp3) is 0.100. The van der Waals surface area contributed by atoms with Crippen LogP contribution in [0, 0.1) is 0 Å². The second kappa shape index (κ2) is 7.28. The molecule has 0 fully saturated rings. The van der Waals surface area contributed by atoms with Crippen LogP contribution in [-0.4, -0.2) is 38.0 Å². The highest BCUT2D eigenvalue weighted by atomic mass is 35.5. The molecule has 7 nitrogen and oxygen atoms in total. The van der Waals surface area contributed by atoms with Crippen LogP contribution in [-0.2, 0) is 6.54 Å². The number of para-hydroxylation sites is 1. The summed E-state index contributed by atoms with van der Waals surface area (Å²) in [7, 11) is 1.65. The van der Waals surface area contributed by atoms with Crippen LogP contribution < -0.4 is 5.56 Å². The number of nitrogens with zero attached hydrogens (tertiary/aromatic N) is 3. The maximum atomic E-state index is 12.9. The van der Waals surface area contributed by atoms with Crippen molar-refractivity contribution < 1.29 is 4.79 Å². The van der Waals surface area contributed by atoms with Gasteiger partial charge in [0, 0.05) is 17.6 Å². The third-order valence-electron chi connectivity index (χ3n) is 4.40. The van der Waals surface area contributed by atoms with Crippen LogP contribution in [0.15, 0.2) is 59.5 Å². The van der Waals surface area contributed by atoms with Crippen molar-refractivity contribution in [1.29, 1.82) is 0 Å². The number of aromatic amines is 2. The molecule has 2 heterocycles. The Bertz CT molecular complexity index is 1210. The number of hydrogen-bond acceptors (Lipinski definition) is 4. The maximum Gasteiger partial charge on any atom is 0.258 e. The van der Waals surface area contributed by atoms with Gasteiger partial charge in [-0.1, -0.05) is 35.9 Å². The highest BCUT2D eigenvalue weighted by molar-refractivity contribution is 6.30. The van der Waals surface area contributed by atoms with Gasteiger partial charge in [-0.3, -0.25) is 14.7 Å². The summed E-state index contributed by atoms with van der Waals surface area (Å²) in [6.45, 7) is 0.157. The number of amides is 1. The van der Waals surface area contributed by atoms with Gasteiger partial charge in [0.2, 0.25) is 0 Å². The Morgan fingerprint density at radius 3 is 2.68 bits per heavy atom. The number of H-pyrrole nitrogens is 2. The van der Waals surface area contributed by atoms with Gasteiger partial charge in [0.05, 0.1) is 34.9 Å². The SMILES string of the molecule is CN(Cc1nc2ccccc2c(=O)[nH]1)C(=O)c1cn[nH]c1-c1ccc(Cl)cc1. The van der Waals surface area contributed by atoms with Crippen LogP contribution >= 0.6 is 11.6 Å². The van der Waals surface area contributed by atoms with Gasteiger partial charge in [0.15, 0.2) is 0 Å². The van der Waals surface area contributed by atoms with Gasteiger partial charge < -0.3 is 9.88 Å². The Balaban J connectivity index is 1.61. The second-order valence-corrected chi connectivity index (χ2v) is 6.79. The predicted molar refractivity (Wildman–Crippen MR) is 107 cm³/mol. The van der Waals surface area contributed by atoms with E-state index in [2.05, 4.69) is 20.2 Å². The predicted octanol–water partition coefficient (Wildman–Crippen LogP) is 3.24. The molecule has 28 heavy (non-hydrogen) atoms. The van der Waals surface area contributed by atoms with Gasteiger partial charge in [0.25, 0.3) is 11.5 Å². The van der Waals surface area contributed by atoms with Gasteiger partial charge in [-0.2, -0.15) is 5.10 Å². The van der Waals surface area contributed by atoms with Crippen molar-refractivity contribution in [2.45, 2.75) is 6.54 Å². The summed E-state index contributed by atoms with van der Waals surface area (Å²) in [4.78, 5) is 33.8. The van der Waals surface area contributed by atoms with Gasteiger partial charge >= 0.3 is 0 Å². The van der Waals surface area contributed by atoms with E-state index in [0.29, 0.717) is 33.0 Å². The van der Waals surface area contributed by atoms with Gasteiger partial charge in [-0.05, 0) is 24.3 Å². The van der Waals surface area contributed by atoms with Crippen molar-refractivity contribution >= 4 is 28.4 Å². The number of carbonyl (C=O) groups is 1. The van der Waals surface area contributed by atoms with Crippen molar-refractivity contribution in [1.82, 2.24) is 25.1 Å². The molecule has 0 atom stereocenters. The van der Waals surface area contributed by atoms with Gasteiger partial charge in [0.1, 0.15) is 5.82 Å². The number of halogens is 1. The monoisotopic (exact) mass is 393 g/mol. The standard InChI is InChI=1S/C20H16ClN5O2/c1-26(11-17-23-16-5-3-2-4-14(16)19(27)24-17)20(28)15-10-22-25-18(15)12-6-8-13(21)9-7-12/h2-10H,11H2,1H3,(H,22,25)(H,23,24,27). The number of aromatic nitrogens is 4. The molecule has 4 rings (SSSR count). The minimum absolute atomic E-state index is 0.157. The Morgan fingerprint density at radius 1 is 1.14 bits per heavy atom. The zero-order chi connectivity index (χ0) is 19.7. The quantitative estimate of drug-likeness (QED) is 0.556. The van der Waals surface area contributed by atoms with Gasteiger partial charge in [-0.25, -0.2) is 4.98 Å². The summed E-state index contributed by atoms with van der Waals surface area (Å²) < 4.78 is 0. The highest BCUT2D eigenvalue weighted by Crippen LogP contribution is 2.24. The molecule has 2 aromatic carbocycles. The first kappa shape index (κ1) is 17.9. The molecule has 140 valence electrons. The third kappa shape index (κ3) is 3.39. The number of rotatable bonds is 4. The van der Waals surface area contributed by atoms with Crippen molar-refractivity contribution in [2.24, 2.45) is 0 Å². The van der Waals surface area contributed by atoms with Crippen molar-refractivity contribution in [3.8, 4) is 11.3 Å². The number of hydrogen-bond donors (Lipinski definition) is 2. The minimum Gasteiger partial charge on any atom is -0.334 e. The van der Waals surface area contributed by atoms with E-state index >= 15 is 0 Å². The number of fused-ring (bicyclic) bond motifs is 1. The molecule has 1 amide bonds. The second-order valence-electron chi connectivity index (χ2n) is 6.36. The van der Waals surface area contributed by atoms with Crippen molar-refractivity contribution in [2.75, 3.05) is 7.05 Å². The van der Waals surface area contributed by atoms with Crippen LogP contribution in [0.4, 0.5) is 0 Å². The summed E-state index contributed by atoms with van der Waals surface area (Å²) >= 11 is 5.93. The van der Waals surface area contributed by atoms with Crippen molar-refractivity contribution in [3.05, 3.63) is 81.5 Å². The average Bonchev–Trinajstić information content (AvgIpc) is 3.17. The zero-order valence-electron chi connectivity index (χ0n) is 14.9. The molecule has 2 N–H and O–H groups in total. The normalized spacial score (nSPS) is 10.9. The molecular weight excluding hydrogens is 378 g/mol. The molecule has 0 aliphatic rings. The lowest BCUT2D eigenvalue weighted by Crippen LogP contribution is -2.28. The molecule has 0 radical (unpaired) electrons. The summed E-state index contributed by atoms with van der Waals surface area (Å²) in [6.07, 6.45) is 1.49. The molecule has 0 aliphatic heterocycles. The van der Waals surface area contributed by atoms with E-state index in [1.54, 1.807) is 37.4 Å². The number of nitrogens with one attached hydrogen (secondary N) is 2. The number of carbonyl (C=O) groups excluding carboxylic acids is 1. The topological polar surface area (TPSA) is 94.7 Å². The molecule has 4 aromatic rings. The zero-order valence-corrected chi connectivity index (χ0v) is 15.7. The molecule has 0 aliphatic carbocycles. The largest absolute Gasteiger partial charge is 0.334 e. The van der Waals surface area contributed by atoms with Crippen LogP contribution in [0.5, 0.6) is 0 Å². The molecule has 0 bridgehead atoms. The van der Waals surface area contributed by atoms with E-state index in [9.17, 15) is 9.59 Å². The Labute approximate surface area is 165 Å². The number of benzene rings is 2.